The Kier molecular flexibility index (Phi) is 1.93. The van der Waals surface area contributed by atoms with Crippen molar-refractivity contribution >= 4 is 11.0 Å². The molecular formula is C10H12N2O. The van der Waals surface area contributed by atoms with Crippen LogP contribution >= 0.6 is 0 Å². The third-order valence-corrected chi connectivity index (χ3v) is 1.75. The number of rotatable bonds is 2. The van der Waals surface area contributed by atoms with Crippen molar-refractivity contribution in [1.29, 1.82) is 0 Å². The van der Waals surface area contributed by atoms with Crippen LogP contribution in [0.3, 0.4) is 0 Å². The lowest BCUT2D eigenvalue weighted by Crippen LogP contribution is -2.17. The van der Waals surface area contributed by atoms with Crippen molar-refractivity contribution in [2.75, 3.05) is 0 Å². The van der Waals surface area contributed by atoms with Gasteiger partial charge < -0.3 is 4.84 Å². The largest absolute Gasteiger partial charge is 0.410 e. The molecular weight excluding hydrogens is 164 g/mol. The van der Waals surface area contributed by atoms with Gasteiger partial charge in [0.1, 0.15) is 17.9 Å². The Morgan fingerprint density at radius 3 is 2.85 bits per heavy atom. The van der Waals surface area contributed by atoms with Crippen LogP contribution in [0.5, 0.6) is 0 Å². The molecule has 68 valence electrons. The minimum atomic E-state index is 0.164. The first kappa shape index (κ1) is 8.10. The van der Waals surface area contributed by atoms with E-state index in [4.69, 9.17) is 4.84 Å². The minimum Gasteiger partial charge on any atom is -0.410 e. The molecule has 0 bridgehead atoms. The molecule has 0 aliphatic carbocycles. The van der Waals surface area contributed by atoms with Crippen LogP contribution in [0.25, 0.3) is 11.0 Å². The van der Waals surface area contributed by atoms with Gasteiger partial charge in [-0.25, -0.2) is 4.98 Å². The summed E-state index contributed by atoms with van der Waals surface area (Å²) in [5.41, 5.74) is 1.97. The third-order valence-electron chi connectivity index (χ3n) is 1.75. The molecule has 0 spiro atoms. The fourth-order valence-electron chi connectivity index (χ4n) is 1.25. The number of imidazole rings is 1. The Labute approximate surface area is 76.9 Å². The van der Waals surface area contributed by atoms with Gasteiger partial charge in [0, 0.05) is 0 Å². The quantitative estimate of drug-likeness (QED) is 0.698. The first-order valence-electron chi connectivity index (χ1n) is 4.36. The van der Waals surface area contributed by atoms with Gasteiger partial charge in [0.05, 0.1) is 5.52 Å². The van der Waals surface area contributed by atoms with Crippen LogP contribution in [0.2, 0.25) is 0 Å². The average Bonchev–Trinajstić information content (AvgIpc) is 2.48. The monoisotopic (exact) mass is 176 g/mol. The molecule has 3 nitrogen and oxygen atoms in total. The Morgan fingerprint density at radius 2 is 2.08 bits per heavy atom. The van der Waals surface area contributed by atoms with Crippen LogP contribution in [0.4, 0.5) is 0 Å². The van der Waals surface area contributed by atoms with E-state index in [1.165, 1.54) is 0 Å². The van der Waals surface area contributed by atoms with Gasteiger partial charge >= 0.3 is 0 Å². The summed E-state index contributed by atoms with van der Waals surface area (Å²) in [4.78, 5) is 9.73. The molecule has 0 radical (unpaired) electrons. The minimum absolute atomic E-state index is 0.164. The summed E-state index contributed by atoms with van der Waals surface area (Å²) in [6, 6.07) is 7.90. The maximum absolute atomic E-state index is 5.52. The number of hydrogen-bond donors (Lipinski definition) is 0. The standard InChI is InChI=1S/C10H12N2O/c1-8(2)13-12-7-11-9-5-3-4-6-10(9)12/h3-8H,1-2H3. The molecule has 2 aromatic rings. The van der Waals surface area contributed by atoms with Gasteiger partial charge in [-0.3, -0.25) is 0 Å². The van der Waals surface area contributed by atoms with Crippen LogP contribution in [-0.4, -0.2) is 15.8 Å². The molecule has 13 heavy (non-hydrogen) atoms. The third kappa shape index (κ3) is 1.49. The smallest absolute Gasteiger partial charge is 0.133 e. The van der Waals surface area contributed by atoms with Gasteiger partial charge in [-0.05, 0) is 26.0 Å². The van der Waals surface area contributed by atoms with Gasteiger partial charge in [0.15, 0.2) is 0 Å². The molecule has 0 amide bonds. The van der Waals surface area contributed by atoms with Crippen LogP contribution in [0.1, 0.15) is 13.8 Å². The molecule has 1 aromatic heterocycles. The first-order chi connectivity index (χ1) is 6.27. The van der Waals surface area contributed by atoms with E-state index in [9.17, 15) is 0 Å². The van der Waals surface area contributed by atoms with E-state index in [2.05, 4.69) is 4.98 Å². The summed E-state index contributed by atoms with van der Waals surface area (Å²) in [6.45, 7) is 3.99. The Bertz CT molecular complexity index is 406. The molecule has 0 saturated carbocycles. The lowest BCUT2D eigenvalue weighted by Gasteiger charge is -2.09. The van der Waals surface area contributed by atoms with Gasteiger partial charge in [0.25, 0.3) is 0 Å². The van der Waals surface area contributed by atoms with Crippen molar-refractivity contribution in [1.82, 2.24) is 9.71 Å². The highest BCUT2D eigenvalue weighted by Gasteiger charge is 2.02. The zero-order chi connectivity index (χ0) is 9.26. The number of fused-ring (bicyclic) bond motifs is 1. The van der Waals surface area contributed by atoms with Gasteiger partial charge in [-0.2, -0.15) is 4.73 Å². The summed E-state index contributed by atoms with van der Waals surface area (Å²) in [5, 5.41) is 0. The van der Waals surface area contributed by atoms with E-state index in [0.29, 0.717) is 0 Å². The van der Waals surface area contributed by atoms with Gasteiger partial charge in [-0.15, -0.1) is 0 Å². The molecule has 0 fully saturated rings. The molecule has 0 aliphatic rings. The van der Waals surface area contributed by atoms with E-state index < -0.39 is 0 Å². The number of nitrogens with zero attached hydrogens (tertiary/aromatic N) is 2. The second-order valence-corrected chi connectivity index (χ2v) is 3.21. The highest BCUT2D eigenvalue weighted by Crippen LogP contribution is 2.10. The lowest BCUT2D eigenvalue weighted by molar-refractivity contribution is 0.0674. The number of aromatic nitrogens is 2. The van der Waals surface area contributed by atoms with Crippen molar-refractivity contribution in [3.63, 3.8) is 0 Å². The molecule has 1 aromatic carbocycles. The van der Waals surface area contributed by atoms with E-state index in [0.717, 1.165) is 11.0 Å². The Balaban J connectivity index is 2.46. The second-order valence-electron chi connectivity index (χ2n) is 3.21. The van der Waals surface area contributed by atoms with E-state index in [-0.39, 0.29) is 6.10 Å². The fourth-order valence-corrected chi connectivity index (χ4v) is 1.25. The topological polar surface area (TPSA) is 27.1 Å². The van der Waals surface area contributed by atoms with Crippen molar-refractivity contribution < 1.29 is 4.84 Å². The number of benzene rings is 1. The summed E-state index contributed by atoms with van der Waals surface area (Å²) in [6.07, 6.45) is 1.86. The molecule has 0 saturated heterocycles. The molecule has 0 aliphatic heterocycles. The zero-order valence-corrected chi connectivity index (χ0v) is 7.77. The molecule has 1 heterocycles. The summed E-state index contributed by atoms with van der Waals surface area (Å²) in [5.74, 6) is 0. The molecule has 2 rings (SSSR count). The highest BCUT2D eigenvalue weighted by atomic mass is 16.7. The highest BCUT2D eigenvalue weighted by molar-refractivity contribution is 5.74. The van der Waals surface area contributed by atoms with Crippen LogP contribution in [-0.2, 0) is 0 Å². The van der Waals surface area contributed by atoms with Crippen LogP contribution in [0.15, 0.2) is 30.6 Å². The maximum atomic E-state index is 5.52. The van der Waals surface area contributed by atoms with Crippen LogP contribution < -0.4 is 4.84 Å². The van der Waals surface area contributed by atoms with Crippen molar-refractivity contribution in [2.45, 2.75) is 20.0 Å². The summed E-state index contributed by atoms with van der Waals surface area (Å²) >= 11 is 0. The Hall–Kier alpha value is -1.51. The van der Waals surface area contributed by atoms with E-state index >= 15 is 0 Å². The summed E-state index contributed by atoms with van der Waals surface area (Å²) < 4.78 is 1.71. The Morgan fingerprint density at radius 1 is 1.31 bits per heavy atom. The van der Waals surface area contributed by atoms with Crippen LogP contribution in [0, 0.1) is 0 Å². The van der Waals surface area contributed by atoms with Gasteiger partial charge in [-0.1, -0.05) is 12.1 Å². The average molecular weight is 176 g/mol. The molecule has 3 heteroatoms. The number of para-hydroxylation sites is 2. The zero-order valence-electron chi connectivity index (χ0n) is 7.77. The molecule has 0 N–H and O–H groups in total. The predicted molar refractivity (Wildman–Crippen MR) is 51.4 cm³/mol. The predicted octanol–water partition coefficient (Wildman–Crippen LogP) is 1.87. The first-order valence-corrected chi connectivity index (χ1v) is 4.36. The molecule has 0 atom stereocenters. The second kappa shape index (κ2) is 3.09. The fraction of sp³-hybridized carbons (Fsp3) is 0.300. The maximum Gasteiger partial charge on any atom is 0.133 e. The van der Waals surface area contributed by atoms with Crippen molar-refractivity contribution in [3.8, 4) is 0 Å². The molecule has 0 unspecified atom stereocenters. The van der Waals surface area contributed by atoms with Crippen molar-refractivity contribution in [2.24, 2.45) is 0 Å². The number of hydrogen-bond acceptors (Lipinski definition) is 2. The van der Waals surface area contributed by atoms with E-state index in [1.807, 2.05) is 38.1 Å². The SMILES string of the molecule is CC(C)On1cnc2ccccc21. The summed E-state index contributed by atoms with van der Waals surface area (Å²) in [7, 11) is 0. The lowest BCUT2D eigenvalue weighted by atomic mass is 10.3. The normalized spacial score (nSPS) is 11.0. The van der Waals surface area contributed by atoms with E-state index in [1.54, 1.807) is 11.1 Å². The van der Waals surface area contributed by atoms with Gasteiger partial charge in [0.2, 0.25) is 0 Å². The van der Waals surface area contributed by atoms with Crippen molar-refractivity contribution in [3.05, 3.63) is 30.6 Å².